The molecule has 0 saturated carbocycles. The highest BCUT2D eigenvalue weighted by Gasteiger charge is 2.52. The van der Waals surface area contributed by atoms with Crippen molar-refractivity contribution in [1.82, 2.24) is 0 Å². The largest absolute Gasteiger partial charge is 0.347 e. The summed E-state index contributed by atoms with van der Waals surface area (Å²) in [5, 5.41) is 0. The lowest BCUT2D eigenvalue weighted by Crippen LogP contribution is -2.43. The fourth-order valence-corrected chi connectivity index (χ4v) is 4.99. The van der Waals surface area contributed by atoms with Gasteiger partial charge in [0, 0.05) is 18.8 Å². The van der Waals surface area contributed by atoms with Gasteiger partial charge in [0.05, 0.1) is 13.2 Å². The highest BCUT2D eigenvalue weighted by Crippen LogP contribution is 2.53. The molecule has 3 nitrogen and oxygen atoms in total. The lowest BCUT2D eigenvalue weighted by molar-refractivity contribution is -0.192. The van der Waals surface area contributed by atoms with Gasteiger partial charge in [0.15, 0.2) is 11.6 Å². The fourth-order valence-electron chi connectivity index (χ4n) is 4.99. The Morgan fingerprint density at radius 2 is 2.05 bits per heavy atom. The molecule has 0 N–H and O–H groups in total. The van der Waals surface area contributed by atoms with Gasteiger partial charge < -0.3 is 9.47 Å². The number of rotatable bonds is 1. The van der Waals surface area contributed by atoms with Crippen LogP contribution in [0.25, 0.3) is 0 Å². The smallest absolute Gasteiger partial charge is 0.175 e. The lowest BCUT2D eigenvalue weighted by atomic mass is 9.71. The predicted molar refractivity (Wildman–Crippen MR) is 84.3 cm³/mol. The van der Waals surface area contributed by atoms with E-state index in [1.54, 1.807) is 0 Å². The molecule has 1 saturated heterocycles. The molecule has 120 valence electrons. The van der Waals surface area contributed by atoms with E-state index < -0.39 is 5.79 Å². The molecule has 0 bridgehead atoms. The first kappa shape index (κ1) is 14.6. The van der Waals surface area contributed by atoms with Crippen LogP contribution in [0.4, 0.5) is 0 Å². The van der Waals surface area contributed by atoms with Crippen molar-refractivity contribution in [3.05, 3.63) is 22.8 Å². The molecule has 4 rings (SSSR count). The number of hydrogen-bond acceptors (Lipinski definition) is 3. The Morgan fingerprint density at radius 1 is 1.27 bits per heavy atom. The molecule has 1 fully saturated rings. The zero-order valence-electron chi connectivity index (χ0n) is 13.7. The number of ether oxygens (including phenoxy) is 2. The first-order valence-electron chi connectivity index (χ1n) is 8.87. The number of carbonyl (C=O) groups is 1. The second-order valence-electron chi connectivity index (χ2n) is 7.52. The first-order valence-corrected chi connectivity index (χ1v) is 8.87. The second kappa shape index (κ2) is 5.31. The van der Waals surface area contributed by atoms with Gasteiger partial charge in [0.25, 0.3) is 0 Å². The van der Waals surface area contributed by atoms with Crippen LogP contribution >= 0.6 is 0 Å². The summed E-state index contributed by atoms with van der Waals surface area (Å²) in [5.41, 5.74) is 3.89. The van der Waals surface area contributed by atoms with E-state index in [-0.39, 0.29) is 5.92 Å². The van der Waals surface area contributed by atoms with Crippen molar-refractivity contribution in [1.29, 1.82) is 0 Å². The number of allylic oxidation sites excluding steroid dienone is 3. The predicted octanol–water partition coefficient (Wildman–Crippen LogP) is 3.79. The van der Waals surface area contributed by atoms with Crippen molar-refractivity contribution in [2.75, 3.05) is 13.2 Å². The fraction of sp³-hybridized carbons (Fsp3) is 0.737. The van der Waals surface area contributed by atoms with Gasteiger partial charge >= 0.3 is 0 Å². The number of Topliss-reactive ketones (excluding diaryl/α,β-unsaturated/α-hetero) is 1. The van der Waals surface area contributed by atoms with Gasteiger partial charge in [-0.15, -0.1) is 0 Å². The summed E-state index contributed by atoms with van der Waals surface area (Å²) in [6, 6.07) is 0. The highest BCUT2D eigenvalue weighted by atomic mass is 16.7. The Kier molecular flexibility index (Phi) is 3.54. The molecule has 1 heterocycles. The van der Waals surface area contributed by atoms with Gasteiger partial charge in [0.2, 0.25) is 0 Å². The SMILES string of the molecule is CC(C)[C@H]1CCC2=C1C1=CCCCC3(OCCO3)[C@H]1CC2=O. The zero-order chi connectivity index (χ0) is 15.3. The number of hydrogen-bond donors (Lipinski definition) is 0. The van der Waals surface area contributed by atoms with Crippen LogP contribution in [0.3, 0.4) is 0 Å². The zero-order valence-corrected chi connectivity index (χ0v) is 13.7. The monoisotopic (exact) mass is 302 g/mol. The number of fused-ring (bicyclic) bond motifs is 3. The Bertz CT molecular complexity index is 549. The van der Waals surface area contributed by atoms with Gasteiger partial charge in [0.1, 0.15) is 0 Å². The third-order valence-electron chi connectivity index (χ3n) is 6.02. The lowest BCUT2D eigenvalue weighted by Gasteiger charge is -2.39. The summed E-state index contributed by atoms with van der Waals surface area (Å²) in [5.74, 6) is 1.05. The van der Waals surface area contributed by atoms with E-state index in [1.165, 1.54) is 11.1 Å². The van der Waals surface area contributed by atoms with Crippen molar-refractivity contribution in [3.8, 4) is 0 Å². The maximum absolute atomic E-state index is 12.8. The van der Waals surface area contributed by atoms with Crippen LogP contribution in [0.1, 0.15) is 52.4 Å². The van der Waals surface area contributed by atoms with Crippen LogP contribution in [0, 0.1) is 17.8 Å². The maximum Gasteiger partial charge on any atom is 0.175 e. The quantitative estimate of drug-likeness (QED) is 0.739. The number of carbonyl (C=O) groups excluding carboxylic acids is 1. The Hall–Kier alpha value is -0.930. The van der Waals surface area contributed by atoms with Gasteiger partial charge in [-0.3, -0.25) is 4.79 Å². The molecule has 2 atom stereocenters. The minimum atomic E-state index is -0.527. The molecule has 0 amide bonds. The van der Waals surface area contributed by atoms with E-state index in [4.69, 9.17) is 9.47 Å². The Labute approximate surface area is 132 Å². The molecule has 0 unspecified atom stereocenters. The normalized spacial score (nSPS) is 34.0. The second-order valence-corrected chi connectivity index (χ2v) is 7.52. The summed E-state index contributed by atoms with van der Waals surface area (Å²) >= 11 is 0. The van der Waals surface area contributed by atoms with Crippen molar-refractivity contribution in [2.24, 2.45) is 17.8 Å². The molecular formula is C19H26O3. The van der Waals surface area contributed by atoms with Crippen molar-refractivity contribution in [3.63, 3.8) is 0 Å². The van der Waals surface area contributed by atoms with Crippen LogP contribution in [0.15, 0.2) is 22.8 Å². The van der Waals surface area contributed by atoms with E-state index in [1.807, 2.05) is 0 Å². The average molecular weight is 302 g/mol. The molecule has 0 aromatic rings. The molecule has 0 aromatic carbocycles. The molecule has 4 aliphatic rings. The summed E-state index contributed by atoms with van der Waals surface area (Å²) in [4.78, 5) is 12.8. The van der Waals surface area contributed by atoms with Crippen LogP contribution in [0.5, 0.6) is 0 Å². The minimum absolute atomic E-state index is 0.114. The van der Waals surface area contributed by atoms with Gasteiger partial charge in [-0.2, -0.15) is 0 Å². The van der Waals surface area contributed by atoms with Gasteiger partial charge in [-0.25, -0.2) is 0 Å². The van der Waals surface area contributed by atoms with Crippen molar-refractivity contribution < 1.29 is 14.3 Å². The van der Waals surface area contributed by atoms with E-state index in [9.17, 15) is 4.79 Å². The molecule has 3 heteroatoms. The van der Waals surface area contributed by atoms with Crippen molar-refractivity contribution in [2.45, 2.75) is 58.2 Å². The molecular weight excluding hydrogens is 276 g/mol. The maximum atomic E-state index is 12.8. The summed E-state index contributed by atoms with van der Waals surface area (Å²) in [6.07, 6.45) is 8.16. The molecule has 1 spiro atoms. The molecule has 0 aromatic heterocycles. The summed E-state index contributed by atoms with van der Waals surface area (Å²) in [6.45, 7) is 5.89. The molecule has 3 aliphatic carbocycles. The topological polar surface area (TPSA) is 35.5 Å². The number of ketones is 1. The van der Waals surface area contributed by atoms with Crippen LogP contribution in [-0.4, -0.2) is 24.8 Å². The molecule has 1 aliphatic heterocycles. The first-order chi connectivity index (χ1) is 10.6. The average Bonchev–Trinajstić information content (AvgIpc) is 3.08. The Morgan fingerprint density at radius 3 is 2.77 bits per heavy atom. The standard InChI is InChI=1S/C19H26O3/c1-12(2)13-6-7-15-17(20)11-16-14(18(13)15)5-3-4-8-19(16)21-9-10-22-19/h5,12-13,16H,3-4,6-11H2,1-2H3/t13-,16+/m1/s1. The summed E-state index contributed by atoms with van der Waals surface area (Å²) < 4.78 is 12.2. The van der Waals surface area contributed by atoms with Crippen LogP contribution in [-0.2, 0) is 14.3 Å². The van der Waals surface area contributed by atoms with Gasteiger partial charge in [-0.1, -0.05) is 19.9 Å². The third kappa shape index (κ3) is 2.05. The minimum Gasteiger partial charge on any atom is -0.347 e. The van der Waals surface area contributed by atoms with E-state index in [0.717, 1.165) is 37.7 Å². The van der Waals surface area contributed by atoms with E-state index in [0.29, 0.717) is 37.3 Å². The van der Waals surface area contributed by atoms with Crippen LogP contribution in [0.2, 0.25) is 0 Å². The van der Waals surface area contributed by atoms with Gasteiger partial charge in [-0.05, 0) is 54.2 Å². The van der Waals surface area contributed by atoms with Crippen molar-refractivity contribution >= 4 is 5.78 Å². The molecule has 22 heavy (non-hydrogen) atoms. The van der Waals surface area contributed by atoms with E-state index in [2.05, 4.69) is 19.9 Å². The van der Waals surface area contributed by atoms with Crippen LogP contribution < -0.4 is 0 Å². The van der Waals surface area contributed by atoms with E-state index >= 15 is 0 Å². The third-order valence-corrected chi connectivity index (χ3v) is 6.02. The highest BCUT2D eigenvalue weighted by molar-refractivity contribution is 5.99. The Balaban J connectivity index is 1.80. The molecule has 0 radical (unpaired) electrons. The summed E-state index contributed by atoms with van der Waals surface area (Å²) in [7, 11) is 0.